The van der Waals surface area contributed by atoms with E-state index in [1.165, 1.54) is 23.3 Å². The van der Waals surface area contributed by atoms with Gasteiger partial charge in [-0.1, -0.05) is 6.07 Å². The van der Waals surface area contributed by atoms with Gasteiger partial charge in [-0.15, -0.1) is 11.3 Å². The van der Waals surface area contributed by atoms with E-state index in [-0.39, 0.29) is 5.91 Å². The third-order valence-electron chi connectivity index (χ3n) is 4.91. The van der Waals surface area contributed by atoms with Crippen LogP contribution in [0.3, 0.4) is 0 Å². The molecule has 1 atom stereocenters. The van der Waals surface area contributed by atoms with Gasteiger partial charge in [0.05, 0.1) is 14.2 Å². The molecule has 1 aliphatic rings. The van der Waals surface area contributed by atoms with Crippen molar-refractivity contribution in [3.8, 4) is 11.5 Å². The molecule has 2 heterocycles. The molecule has 4 nitrogen and oxygen atoms in total. The fourth-order valence-electron chi connectivity index (χ4n) is 3.51. The minimum absolute atomic E-state index is 0.156. The zero-order valence-electron chi connectivity index (χ0n) is 15.2. The average Bonchev–Trinajstić information content (AvgIpc) is 3.11. The summed E-state index contributed by atoms with van der Waals surface area (Å²) in [6.07, 6.45) is 5.22. The Bertz CT molecular complexity index is 761. The van der Waals surface area contributed by atoms with Crippen LogP contribution in [0.25, 0.3) is 0 Å². The summed E-state index contributed by atoms with van der Waals surface area (Å²) in [5, 5.41) is 1.96. The lowest BCUT2D eigenvalue weighted by atomic mass is 9.95. The smallest absolute Gasteiger partial charge is 0.265 e. The molecule has 1 aromatic carbocycles. The van der Waals surface area contributed by atoms with Crippen molar-refractivity contribution in [3.05, 3.63) is 44.6 Å². The maximum atomic E-state index is 13.0. The Kier molecular flexibility index (Phi) is 6.59. The van der Waals surface area contributed by atoms with Crippen molar-refractivity contribution < 1.29 is 14.3 Å². The summed E-state index contributed by atoms with van der Waals surface area (Å²) in [4.78, 5) is 15.8. The average molecular weight is 438 g/mol. The molecule has 3 rings (SSSR count). The van der Waals surface area contributed by atoms with E-state index >= 15 is 0 Å². The van der Waals surface area contributed by atoms with Crippen LogP contribution < -0.4 is 9.47 Å². The second kappa shape index (κ2) is 8.91. The maximum Gasteiger partial charge on any atom is 0.265 e. The molecule has 1 saturated heterocycles. The van der Waals surface area contributed by atoms with Crippen LogP contribution in [0.2, 0.25) is 0 Å². The molecule has 26 heavy (non-hydrogen) atoms. The predicted molar refractivity (Wildman–Crippen MR) is 109 cm³/mol. The molecule has 1 unspecified atom stereocenters. The molecule has 0 spiro atoms. The van der Waals surface area contributed by atoms with Crippen LogP contribution in [-0.2, 0) is 6.42 Å². The van der Waals surface area contributed by atoms with Crippen molar-refractivity contribution >= 4 is 33.2 Å². The number of aryl methyl sites for hydroxylation is 1. The molecule has 0 saturated carbocycles. The topological polar surface area (TPSA) is 38.8 Å². The second-order valence-corrected chi connectivity index (χ2v) is 8.24. The lowest BCUT2D eigenvalue weighted by Crippen LogP contribution is -2.43. The van der Waals surface area contributed by atoms with Gasteiger partial charge < -0.3 is 14.4 Å². The SMILES string of the molecule is COc1ccc(CCC2CCCCN2C(=O)c2sccc2Br)cc1OC. The van der Waals surface area contributed by atoms with Crippen LogP contribution in [-0.4, -0.2) is 37.6 Å². The van der Waals surface area contributed by atoms with Gasteiger partial charge in [0, 0.05) is 17.1 Å². The molecule has 1 aliphatic heterocycles. The quantitative estimate of drug-likeness (QED) is 0.626. The highest BCUT2D eigenvalue weighted by Crippen LogP contribution is 2.31. The maximum absolute atomic E-state index is 13.0. The highest BCUT2D eigenvalue weighted by atomic mass is 79.9. The van der Waals surface area contributed by atoms with Crippen LogP contribution in [0.1, 0.15) is 40.9 Å². The van der Waals surface area contributed by atoms with E-state index in [0.29, 0.717) is 6.04 Å². The summed E-state index contributed by atoms with van der Waals surface area (Å²) in [5.74, 6) is 1.65. The van der Waals surface area contributed by atoms with Gasteiger partial charge in [-0.25, -0.2) is 0 Å². The number of methoxy groups -OCH3 is 2. The highest BCUT2D eigenvalue weighted by Gasteiger charge is 2.28. The Morgan fingerprint density at radius 2 is 2.04 bits per heavy atom. The molecule has 1 amide bonds. The third kappa shape index (κ3) is 4.23. The molecule has 1 fully saturated rings. The van der Waals surface area contributed by atoms with Crippen LogP contribution in [0, 0.1) is 0 Å². The predicted octanol–water partition coefficient (Wildman–Crippen LogP) is 5.16. The number of nitrogens with zero attached hydrogens (tertiary/aromatic N) is 1. The first-order valence-corrected chi connectivity index (χ1v) is 10.6. The number of carbonyl (C=O) groups is 1. The van der Waals surface area contributed by atoms with E-state index in [0.717, 1.165) is 53.1 Å². The number of rotatable bonds is 6. The van der Waals surface area contributed by atoms with E-state index in [9.17, 15) is 4.79 Å². The van der Waals surface area contributed by atoms with Gasteiger partial charge in [0.1, 0.15) is 4.88 Å². The number of carbonyl (C=O) groups excluding carboxylic acids is 1. The van der Waals surface area contributed by atoms with Gasteiger partial charge in [0.15, 0.2) is 11.5 Å². The molecule has 0 bridgehead atoms. The summed E-state index contributed by atoms with van der Waals surface area (Å²) in [6, 6.07) is 8.29. The van der Waals surface area contributed by atoms with Gasteiger partial charge in [-0.05, 0) is 77.2 Å². The van der Waals surface area contributed by atoms with Crippen molar-refractivity contribution in [2.45, 2.75) is 38.1 Å². The summed E-state index contributed by atoms with van der Waals surface area (Å²) < 4.78 is 11.6. The van der Waals surface area contributed by atoms with Crippen molar-refractivity contribution in [2.75, 3.05) is 20.8 Å². The molecule has 140 valence electrons. The van der Waals surface area contributed by atoms with Crippen molar-refractivity contribution in [1.82, 2.24) is 4.90 Å². The number of hydrogen-bond acceptors (Lipinski definition) is 4. The zero-order valence-corrected chi connectivity index (χ0v) is 17.6. The fourth-order valence-corrected chi connectivity index (χ4v) is 5.01. The number of benzene rings is 1. The van der Waals surface area contributed by atoms with E-state index in [1.807, 2.05) is 23.6 Å². The summed E-state index contributed by atoms with van der Waals surface area (Å²) >= 11 is 5.00. The third-order valence-corrected chi connectivity index (χ3v) is 6.74. The zero-order chi connectivity index (χ0) is 18.5. The Morgan fingerprint density at radius 1 is 1.23 bits per heavy atom. The Morgan fingerprint density at radius 3 is 2.73 bits per heavy atom. The molecule has 1 aromatic heterocycles. The summed E-state index contributed by atoms with van der Waals surface area (Å²) in [7, 11) is 3.30. The number of thiophene rings is 1. The first-order chi connectivity index (χ1) is 12.6. The monoisotopic (exact) mass is 437 g/mol. The minimum atomic E-state index is 0.156. The number of ether oxygens (including phenoxy) is 2. The van der Waals surface area contributed by atoms with Crippen molar-refractivity contribution in [2.24, 2.45) is 0 Å². The minimum Gasteiger partial charge on any atom is -0.493 e. The molecule has 0 N–H and O–H groups in total. The lowest BCUT2D eigenvalue weighted by molar-refractivity contribution is 0.0606. The van der Waals surface area contributed by atoms with E-state index in [2.05, 4.69) is 26.9 Å². The van der Waals surface area contributed by atoms with Crippen LogP contribution in [0.15, 0.2) is 34.1 Å². The number of halogens is 1. The highest BCUT2D eigenvalue weighted by molar-refractivity contribution is 9.10. The largest absolute Gasteiger partial charge is 0.493 e. The van der Waals surface area contributed by atoms with Crippen LogP contribution >= 0.6 is 27.3 Å². The van der Waals surface area contributed by atoms with E-state index in [4.69, 9.17) is 9.47 Å². The van der Waals surface area contributed by atoms with Gasteiger partial charge in [0.2, 0.25) is 0 Å². The fraction of sp³-hybridized carbons (Fsp3) is 0.450. The lowest BCUT2D eigenvalue weighted by Gasteiger charge is -2.36. The molecule has 0 radical (unpaired) electrons. The Labute approximate surface area is 167 Å². The summed E-state index contributed by atoms with van der Waals surface area (Å²) in [5.41, 5.74) is 1.21. The molecule has 6 heteroatoms. The van der Waals surface area contributed by atoms with Crippen LogP contribution in [0.5, 0.6) is 11.5 Å². The van der Waals surface area contributed by atoms with E-state index in [1.54, 1.807) is 14.2 Å². The molecule has 2 aromatic rings. The van der Waals surface area contributed by atoms with Crippen molar-refractivity contribution in [1.29, 1.82) is 0 Å². The molecule has 0 aliphatic carbocycles. The standard InChI is InChI=1S/C20H24BrNO3S/c1-24-17-9-7-14(13-18(17)25-2)6-8-15-5-3-4-11-22(15)20(23)19-16(21)10-12-26-19/h7,9-10,12-13,15H,3-6,8,11H2,1-2H3. The molecular weight excluding hydrogens is 414 g/mol. The van der Waals surface area contributed by atoms with Gasteiger partial charge in [-0.2, -0.15) is 0 Å². The normalized spacial score (nSPS) is 17.2. The number of hydrogen-bond donors (Lipinski definition) is 0. The van der Waals surface area contributed by atoms with Gasteiger partial charge in [-0.3, -0.25) is 4.79 Å². The number of amides is 1. The number of likely N-dealkylation sites (tertiary alicyclic amines) is 1. The summed E-state index contributed by atoms with van der Waals surface area (Å²) in [6.45, 7) is 0.847. The first-order valence-electron chi connectivity index (χ1n) is 8.89. The van der Waals surface area contributed by atoms with Crippen molar-refractivity contribution in [3.63, 3.8) is 0 Å². The Hall–Kier alpha value is -1.53. The Balaban J connectivity index is 1.69. The second-order valence-electron chi connectivity index (χ2n) is 6.47. The molecular formula is C20H24BrNO3S. The first kappa shape index (κ1) is 19.2. The number of piperidine rings is 1. The van der Waals surface area contributed by atoms with Gasteiger partial charge in [0.25, 0.3) is 5.91 Å². The van der Waals surface area contributed by atoms with Gasteiger partial charge >= 0.3 is 0 Å². The van der Waals surface area contributed by atoms with Crippen LogP contribution in [0.4, 0.5) is 0 Å². The van der Waals surface area contributed by atoms with E-state index < -0.39 is 0 Å².